The first kappa shape index (κ1) is 18.3. The molecule has 1 N–H and O–H groups in total. The second-order valence-corrected chi connectivity index (χ2v) is 6.93. The summed E-state index contributed by atoms with van der Waals surface area (Å²) in [6.45, 7) is 0. The Morgan fingerprint density at radius 3 is 2.61 bits per heavy atom. The number of hydrogen-bond donors (Lipinski definition) is 1. The second-order valence-electron chi connectivity index (χ2n) is 6.09. The van der Waals surface area contributed by atoms with Crippen molar-refractivity contribution in [3.05, 3.63) is 94.2 Å². The topological polar surface area (TPSA) is 54.6 Å². The highest BCUT2D eigenvalue weighted by atomic mass is 35.5. The van der Waals surface area contributed by atoms with E-state index in [4.69, 9.17) is 27.6 Å². The number of hydrogen-bond acceptors (Lipinski definition) is 3. The summed E-state index contributed by atoms with van der Waals surface area (Å²) in [6.07, 6.45) is 1.43. The fraction of sp³-hybridized carbons (Fsp3) is 0. The predicted molar refractivity (Wildman–Crippen MR) is 113 cm³/mol. The third-order valence-corrected chi connectivity index (χ3v) is 4.75. The van der Waals surface area contributed by atoms with Gasteiger partial charge in [0.1, 0.15) is 11.5 Å². The molecule has 4 aromatic rings. The number of nitrogens with one attached hydrogen (secondary N) is 1. The van der Waals surface area contributed by atoms with E-state index in [0.29, 0.717) is 32.7 Å². The summed E-state index contributed by atoms with van der Waals surface area (Å²) < 4.78 is 5.71. The third kappa shape index (κ3) is 3.93. The Balaban J connectivity index is 1.46. The molecule has 4 rings (SSSR count). The van der Waals surface area contributed by atoms with Crippen molar-refractivity contribution in [3.8, 4) is 11.3 Å². The van der Waals surface area contributed by atoms with Crippen molar-refractivity contribution in [2.45, 2.75) is 0 Å². The van der Waals surface area contributed by atoms with E-state index in [0.717, 1.165) is 10.8 Å². The van der Waals surface area contributed by atoms with Gasteiger partial charge in [0.15, 0.2) is 0 Å². The lowest BCUT2D eigenvalue weighted by atomic mass is 10.1. The van der Waals surface area contributed by atoms with E-state index in [1.165, 1.54) is 6.21 Å². The number of amides is 1. The van der Waals surface area contributed by atoms with Crippen LogP contribution in [0.2, 0.25) is 10.0 Å². The van der Waals surface area contributed by atoms with Crippen molar-refractivity contribution in [1.29, 1.82) is 0 Å². The number of rotatable bonds is 4. The van der Waals surface area contributed by atoms with E-state index in [2.05, 4.69) is 10.5 Å². The number of nitrogens with zero attached hydrogens (tertiary/aromatic N) is 1. The minimum absolute atomic E-state index is 0.299. The fourth-order valence-electron chi connectivity index (χ4n) is 2.80. The van der Waals surface area contributed by atoms with Crippen LogP contribution in [0.25, 0.3) is 22.1 Å². The molecule has 0 radical (unpaired) electrons. The Morgan fingerprint density at radius 2 is 1.75 bits per heavy atom. The summed E-state index contributed by atoms with van der Waals surface area (Å²) in [4.78, 5) is 12.3. The van der Waals surface area contributed by atoms with Crippen LogP contribution in [0.1, 0.15) is 16.1 Å². The van der Waals surface area contributed by atoms with Crippen LogP contribution in [0.5, 0.6) is 0 Å². The summed E-state index contributed by atoms with van der Waals surface area (Å²) >= 11 is 12.2. The zero-order chi connectivity index (χ0) is 19.5. The zero-order valence-corrected chi connectivity index (χ0v) is 16.0. The minimum Gasteiger partial charge on any atom is -0.455 e. The van der Waals surface area contributed by atoms with Gasteiger partial charge in [-0.3, -0.25) is 4.79 Å². The first-order chi connectivity index (χ1) is 13.6. The smallest absolute Gasteiger partial charge is 0.271 e. The molecule has 0 spiro atoms. The molecule has 0 aliphatic carbocycles. The molecular formula is C22H14Cl2N2O2. The van der Waals surface area contributed by atoms with Gasteiger partial charge in [-0.25, -0.2) is 5.43 Å². The van der Waals surface area contributed by atoms with Gasteiger partial charge in [-0.2, -0.15) is 5.10 Å². The minimum atomic E-state index is -0.299. The molecule has 0 aliphatic heterocycles. The van der Waals surface area contributed by atoms with Gasteiger partial charge in [0, 0.05) is 16.1 Å². The fourth-order valence-corrected chi connectivity index (χ4v) is 3.19. The summed E-state index contributed by atoms with van der Waals surface area (Å²) in [7, 11) is 0. The number of carbonyl (C=O) groups excluding carboxylic acids is 1. The van der Waals surface area contributed by atoms with E-state index in [1.807, 2.05) is 36.4 Å². The Morgan fingerprint density at radius 1 is 0.929 bits per heavy atom. The number of carbonyl (C=O) groups is 1. The molecule has 3 aromatic carbocycles. The van der Waals surface area contributed by atoms with Crippen molar-refractivity contribution in [2.24, 2.45) is 5.10 Å². The number of fused-ring (bicyclic) bond motifs is 1. The monoisotopic (exact) mass is 408 g/mol. The molecule has 4 nitrogen and oxygen atoms in total. The molecule has 0 aliphatic rings. The average Bonchev–Trinajstić information content (AvgIpc) is 3.18. The van der Waals surface area contributed by atoms with Gasteiger partial charge >= 0.3 is 0 Å². The summed E-state index contributed by atoms with van der Waals surface area (Å²) in [6, 6.07) is 22.0. The number of benzene rings is 3. The van der Waals surface area contributed by atoms with Gasteiger partial charge in [0.05, 0.1) is 11.2 Å². The molecule has 0 atom stereocenters. The van der Waals surface area contributed by atoms with E-state index in [9.17, 15) is 4.79 Å². The van der Waals surface area contributed by atoms with Crippen LogP contribution >= 0.6 is 23.2 Å². The van der Waals surface area contributed by atoms with Gasteiger partial charge in [-0.15, -0.1) is 0 Å². The van der Waals surface area contributed by atoms with Gasteiger partial charge in [0.2, 0.25) is 0 Å². The molecule has 0 unspecified atom stereocenters. The van der Waals surface area contributed by atoms with Crippen LogP contribution in [-0.4, -0.2) is 12.1 Å². The molecule has 1 amide bonds. The van der Waals surface area contributed by atoms with Crippen molar-refractivity contribution in [2.75, 3.05) is 0 Å². The first-order valence-corrected chi connectivity index (χ1v) is 9.23. The number of hydrazone groups is 1. The van der Waals surface area contributed by atoms with Crippen LogP contribution in [0.3, 0.4) is 0 Å². The summed E-state index contributed by atoms with van der Waals surface area (Å²) in [5.41, 5.74) is 3.72. The molecule has 6 heteroatoms. The van der Waals surface area contributed by atoms with E-state index in [-0.39, 0.29) is 5.91 Å². The quantitative estimate of drug-likeness (QED) is 0.324. The Kier molecular flexibility index (Phi) is 5.15. The van der Waals surface area contributed by atoms with Crippen molar-refractivity contribution in [1.82, 2.24) is 5.43 Å². The average molecular weight is 409 g/mol. The van der Waals surface area contributed by atoms with Crippen molar-refractivity contribution < 1.29 is 9.21 Å². The second kappa shape index (κ2) is 7.89. The van der Waals surface area contributed by atoms with Crippen LogP contribution in [-0.2, 0) is 0 Å². The van der Waals surface area contributed by atoms with E-state index >= 15 is 0 Å². The maximum Gasteiger partial charge on any atom is 0.271 e. The van der Waals surface area contributed by atoms with Crippen molar-refractivity contribution in [3.63, 3.8) is 0 Å². The Bertz CT molecular complexity index is 1200. The standard InChI is InChI=1S/C22H14Cl2N2O2/c23-17-7-9-20(24)19(12-17)21-10-8-18(28-21)13-25-26-22(27)16-6-5-14-3-1-2-4-15(14)11-16/h1-13H,(H,26,27). The molecule has 1 aromatic heterocycles. The molecule has 0 saturated heterocycles. The van der Waals surface area contributed by atoms with Gasteiger partial charge < -0.3 is 4.42 Å². The molecular weight excluding hydrogens is 395 g/mol. The van der Waals surface area contributed by atoms with Gasteiger partial charge in [-0.05, 0) is 53.2 Å². The third-order valence-electron chi connectivity index (χ3n) is 4.19. The largest absolute Gasteiger partial charge is 0.455 e. The highest BCUT2D eigenvalue weighted by Crippen LogP contribution is 2.31. The summed E-state index contributed by atoms with van der Waals surface area (Å²) in [5, 5.41) is 7.13. The van der Waals surface area contributed by atoms with Gasteiger partial charge in [0.25, 0.3) is 5.91 Å². The molecule has 1 heterocycles. The van der Waals surface area contributed by atoms with Crippen LogP contribution in [0.15, 0.2) is 82.3 Å². The molecule has 28 heavy (non-hydrogen) atoms. The van der Waals surface area contributed by atoms with E-state index < -0.39 is 0 Å². The maximum atomic E-state index is 12.3. The summed E-state index contributed by atoms with van der Waals surface area (Å²) in [5.74, 6) is 0.742. The number of halogens is 2. The highest BCUT2D eigenvalue weighted by molar-refractivity contribution is 6.35. The lowest BCUT2D eigenvalue weighted by Crippen LogP contribution is -2.17. The Hall–Kier alpha value is -3.08. The lowest BCUT2D eigenvalue weighted by Gasteiger charge is -2.02. The predicted octanol–water partition coefficient (Wildman–Crippen LogP) is 6.17. The first-order valence-electron chi connectivity index (χ1n) is 8.47. The van der Waals surface area contributed by atoms with E-state index in [1.54, 1.807) is 36.4 Å². The van der Waals surface area contributed by atoms with Crippen molar-refractivity contribution >= 4 is 46.1 Å². The molecule has 138 valence electrons. The molecule has 0 saturated carbocycles. The maximum absolute atomic E-state index is 12.3. The number of furan rings is 1. The zero-order valence-electron chi connectivity index (χ0n) is 14.5. The van der Waals surface area contributed by atoms with Crippen LogP contribution < -0.4 is 5.43 Å². The van der Waals surface area contributed by atoms with Crippen LogP contribution in [0, 0.1) is 0 Å². The molecule has 0 bridgehead atoms. The SMILES string of the molecule is O=C(NN=Cc1ccc(-c2cc(Cl)ccc2Cl)o1)c1ccc2ccccc2c1. The highest BCUT2D eigenvalue weighted by Gasteiger charge is 2.09. The molecule has 0 fully saturated rings. The Labute approximate surface area is 171 Å². The van der Waals surface area contributed by atoms with Gasteiger partial charge in [-0.1, -0.05) is 53.5 Å². The van der Waals surface area contributed by atoms with Crippen LogP contribution in [0.4, 0.5) is 0 Å². The normalized spacial score (nSPS) is 11.2. The lowest BCUT2D eigenvalue weighted by molar-refractivity contribution is 0.0955.